The maximum Gasteiger partial charge on any atom is 0.314 e. The Morgan fingerprint density at radius 3 is 2.03 bits per heavy atom. The number of ether oxygens (including phenoxy) is 1. The van der Waals surface area contributed by atoms with Crippen LogP contribution >= 0.6 is 0 Å². The average molecular weight is 413 g/mol. The predicted molar refractivity (Wildman–Crippen MR) is 126 cm³/mol. The summed E-state index contributed by atoms with van der Waals surface area (Å²) in [6, 6.07) is 8.43. The Kier molecular flexibility index (Phi) is 9.75. The van der Waals surface area contributed by atoms with Gasteiger partial charge in [-0.2, -0.15) is 0 Å². The first-order chi connectivity index (χ1) is 14.7. The molecule has 30 heavy (non-hydrogen) atoms. The number of esters is 1. The van der Waals surface area contributed by atoms with Crippen LogP contribution in [0.15, 0.2) is 24.3 Å². The number of hydrogen-bond donors (Lipinski definition) is 0. The third-order valence-corrected chi connectivity index (χ3v) is 7.76. The van der Waals surface area contributed by atoms with Gasteiger partial charge in [-0.3, -0.25) is 4.79 Å². The maximum absolute atomic E-state index is 12.6. The van der Waals surface area contributed by atoms with Crippen LogP contribution in [0.5, 0.6) is 5.75 Å². The third kappa shape index (κ3) is 7.13. The fourth-order valence-corrected chi connectivity index (χ4v) is 5.75. The lowest BCUT2D eigenvalue weighted by Gasteiger charge is -2.29. The lowest BCUT2D eigenvalue weighted by Crippen LogP contribution is -2.25. The molecule has 0 aliphatic heterocycles. The van der Waals surface area contributed by atoms with Crippen LogP contribution in [0.2, 0.25) is 0 Å². The minimum absolute atomic E-state index is 0.00717. The number of benzene rings is 1. The maximum atomic E-state index is 12.6. The van der Waals surface area contributed by atoms with E-state index in [1.54, 1.807) is 0 Å². The summed E-state index contributed by atoms with van der Waals surface area (Å²) in [7, 11) is 0. The third-order valence-electron chi connectivity index (χ3n) is 7.76. The summed E-state index contributed by atoms with van der Waals surface area (Å²) >= 11 is 0. The highest BCUT2D eigenvalue weighted by Gasteiger charge is 2.28. The summed E-state index contributed by atoms with van der Waals surface area (Å²) in [5.41, 5.74) is 1.42. The van der Waals surface area contributed by atoms with E-state index in [0.717, 1.165) is 30.4 Å². The van der Waals surface area contributed by atoms with Crippen molar-refractivity contribution in [1.82, 2.24) is 0 Å². The molecule has 1 aromatic carbocycles. The number of carbonyl (C=O) groups is 1. The van der Waals surface area contributed by atoms with Crippen LogP contribution in [0.4, 0.5) is 0 Å². The van der Waals surface area contributed by atoms with Crippen LogP contribution in [-0.2, 0) is 4.79 Å². The molecule has 0 bridgehead atoms. The number of unbranched alkanes of at least 4 members (excludes halogenated alkanes) is 3. The Morgan fingerprint density at radius 2 is 1.40 bits per heavy atom. The van der Waals surface area contributed by atoms with Gasteiger partial charge in [0.1, 0.15) is 5.75 Å². The number of rotatable bonds is 10. The fraction of sp³-hybridized carbons (Fsp3) is 0.750. The van der Waals surface area contributed by atoms with E-state index < -0.39 is 0 Å². The van der Waals surface area contributed by atoms with Crippen molar-refractivity contribution in [3.8, 4) is 5.75 Å². The van der Waals surface area contributed by atoms with Crippen molar-refractivity contribution in [3.63, 3.8) is 0 Å². The summed E-state index contributed by atoms with van der Waals surface area (Å²) in [6.07, 6.45) is 19.2. The molecule has 0 heterocycles. The highest BCUT2D eigenvalue weighted by molar-refractivity contribution is 5.75. The molecule has 168 valence electrons. The Hall–Kier alpha value is -1.31. The average Bonchev–Trinajstić information content (AvgIpc) is 2.78. The van der Waals surface area contributed by atoms with Crippen LogP contribution in [0.1, 0.15) is 122 Å². The summed E-state index contributed by atoms with van der Waals surface area (Å²) in [5, 5.41) is 0. The van der Waals surface area contributed by atoms with Crippen molar-refractivity contribution in [3.05, 3.63) is 29.8 Å². The molecule has 0 unspecified atom stereocenters. The van der Waals surface area contributed by atoms with Gasteiger partial charge in [-0.05, 0) is 86.8 Å². The molecule has 2 aliphatic carbocycles. The van der Waals surface area contributed by atoms with Gasteiger partial charge in [0.15, 0.2) is 0 Å². The van der Waals surface area contributed by atoms with Crippen LogP contribution < -0.4 is 4.74 Å². The zero-order valence-corrected chi connectivity index (χ0v) is 19.5. The molecule has 0 atom stereocenters. The normalized spacial score (nSPS) is 27.0. The Morgan fingerprint density at radius 1 is 0.767 bits per heavy atom. The summed E-state index contributed by atoms with van der Waals surface area (Å²) in [5.74, 6) is 3.29. The smallest absolute Gasteiger partial charge is 0.314 e. The lowest BCUT2D eigenvalue weighted by atomic mass is 9.77. The topological polar surface area (TPSA) is 26.3 Å². The highest BCUT2D eigenvalue weighted by Crippen LogP contribution is 2.38. The summed E-state index contributed by atoms with van der Waals surface area (Å²) < 4.78 is 5.75. The van der Waals surface area contributed by atoms with E-state index in [9.17, 15) is 4.79 Å². The largest absolute Gasteiger partial charge is 0.426 e. The van der Waals surface area contributed by atoms with E-state index in [2.05, 4.69) is 26.0 Å². The van der Waals surface area contributed by atoms with E-state index in [0.29, 0.717) is 5.92 Å². The molecular formula is C28H44O2. The van der Waals surface area contributed by atoms with Gasteiger partial charge in [-0.1, -0.05) is 70.9 Å². The van der Waals surface area contributed by atoms with Crippen molar-refractivity contribution in [2.45, 2.75) is 116 Å². The molecule has 2 fully saturated rings. The molecule has 2 saturated carbocycles. The molecule has 0 aromatic heterocycles. The second-order valence-corrected chi connectivity index (χ2v) is 10.1. The first kappa shape index (κ1) is 23.4. The van der Waals surface area contributed by atoms with Crippen LogP contribution in [0.3, 0.4) is 0 Å². The zero-order valence-electron chi connectivity index (χ0n) is 19.5. The second-order valence-electron chi connectivity index (χ2n) is 10.1. The molecule has 3 rings (SSSR count). The van der Waals surface area contributed by atoms with Crippen molar-refractivity contribution in [2.75, 3.05) is 0 Å². The van der Waals surface area contributed by atoms with Gasteiger partial charge in [0.05, 0.1) is 5.92 Å². The van der Waals surface area contributed by atoms with Gasteiger partial charge in [-0.15, -0.1) is 0 Å². The standard InChI is InChI=1S/C28H44O2/c1-3-5-6-7-9-23-12-16-26(17-13-23)28(29)30-27-20-18-25(19-21-27)24-14-10-22(8-4-2)11-15-24/h18-24,26H,3-17H2,1-2H3. The van der Waals surface area contributed by atoms with Gasteiger partial charge >= 0.3 is 5.97 Å². The molecule has 0 spiro atoms. The van der Waals surface area contributed by atoms with Gasteiger partial charge in [0.25, 0.3) is 0 Å². The molecule has 2 nitrogen and oxygen atoms in total. The molecule has 0 radical (unpaired) electrons. The highest BCUT2D eigenvalue weighted by atomic mass is 16.5. The minimum Gasteiger partial charge on any atom is -0.426 e. The monoisotopic (exact) mass is 412 g/mol. The summed E-state index contributed by atoms with van der Waals surface area (Å²) in [4.78, 5) is 12.6. The number of carbonyl (C=O) groups excluding carboxylic acids is 1. The zero-order chi connectivity index (χ0) is 21.2. The minimum atomic E-state index is -0.00717. The van der Waals surface area contributed by atoms with Gasteiger partial charge in [-0.25, -0.2) is 0 Å². The van der Waals surface area contributed by atoms with Crippen molar-refractivity contribution < 1.29 is 9.53 Å². The predicted octanol–water partition coefficient (Wildman–Crippen LogP) is 8.44. The first-order valence-corrected chi connectivity index (χ1v) is 13.0. The van der Waals surface area contributed by atoms with Gasteiger partial charge < -0.3 is 4.74 Å². The Labute approximate surface area is 185 Å². The number of hydrogen-bond acceptors (Lipinski definition) is 2. The summed E-state index contributed by atoms with van der Waals surface area (Å²) in [6.45, 7) is 4.56. The van der Waals surface area contributed by atoms with E-state index in [1.807, 2.05) is 12.1 Å². The van der Waals surface area contributed by atoms with Gasteiger partial charge in [0.2, 0.25) is 0 Å². The molecule has 0 saturated heterocycles. The SMILES string of the molecule is CCCCCCC1CCC(C(=O)Oc2ccc(C3CCC(CCC)CC3)cc2)CC1. The van der Waals surface area contributed by atoms with Crippen molar-refractivity contribution in [2.24, 2.45) is 17.8 Å². The van der Waals surface area contributed by atoms with E-state index in [4.69, 9.17) is 4.74 Å². The van der Waals surface area contributed by atoms with E-state index >= 15 is 0 Å². The van der Waals surface area contributed by atoms with E-state index in [-0.39, 0.29) is 11.9 Å². The van der Waals surface area contributed by atoms with Crippen molar-refractivity contribution >= 4 is 5.97 Å². The molecule has 0 amide bonds. The Bertz CT molecular complexity index is 604. The van der Waals surface area contributed by atoms with Crippen LogP contribution in [-0.4, -0.2) is 5.97 Å². The fourth-order valence-electron chi connectivity index (χ4n) is 5.75. The Balaban J connectivity index is 1.39. The van der Waals surface area contributed by atoms with Crippen LogP contribution in [0.25, 0.3) is 0 Å². The van der Waals surface area contributed by atoms with Crippen molar-refractivity contribution in [1.29, 1.82) is 0 Å². The first-order valence-electron chi connectivity index (χ1n) is 13.0. The van der Waals surface area contributed by atoms with Gasteiger partial charge in [0, 0.05) is 0 Å². The molecule has 2 heteroatoms. The molecule has 2 aliphatic rings. The quantitative estimate of drug-likeness (QED) is 0.219. The van der Waals surface area contributed by atoms with E-state index in [1.165, 1.54) is 89.0 Å². The lowest BCUT2D eigenvalue weighted by molar-refractivity contribution is -0.140. The molecule has 0 N–H and O–H groups in total. The molecular weight excluding hydrogens is 368 g/mol. The van der Waals surface area contributed by atoms with Crippen LogP contribution in [0, 0.1) is 17.8 Å². The molecule has 1 aromatic rings. The second kappa shape index (κ2) is 12.5.